The quantitative estimate of drug-likeness (QED) is 0.738. The maximum Gasteiger partial charge on any atom is 0.227 e. The Hall–Kier alpha value is -0.980. The molecule has 6 heteroatoms. The first kappa shape index (κ1) is 16.9. The molecular weight excluding hydrogens is 310 g/mol. The molecule has 23 heavy (non-hydrogen) atoms. The minimum atomic E-state index is 0.171. The van der Waals surface area contributed by atoms with Crippen LogP contribution in [-0.2, 0) is 11.3 Å². The summed E-state index contributed by atoms with van der Waals surface area (Å²) in [6.45, 7) is 3.98. The number of aliphatic hydroxyl groups excluding tert-OH is 1. The normalized spacial score (nSPS) is 25.1. The number of fused-ring (bicyclic) bond motifs is 4. The second-order valence-corrected chi connectivity index (χ2v) is 7.49. The van der Waals surface area contributed by atoms with E-state index in [2.05, 4.69) is 14.8 Å². The van der Waals surface area contributed by atoms with Gasteiger partial charge in [0.15, 0.2) is 0 Å². The fraction of sp³-hybridized carbons (Fsp3) is 0.765. The van der Waals surface area contributed by atoms with E-state index >= 15 is 0 Å². The maximum absolute atomic E-state index is 12.7. The van der Waals surface area contributed by atoms with E-state index in [0.717, 1.165) is 51.0 Å². The van der Waals surface area contributed by atoms with Gasteiger partial charge < -0.3 is 14.9 Å². The summed E-state index contributed by atoms with van der Waals surface area (Å²) in [5.74, 6) is 0.502. The van der Waals surface area contributed by atoms with Crippen molar-refractivity contribution in [1.82, 2.24) is 14.8 Å². The van der Waals surface area contributed by atoms with Gasteiger partial charge in [-0.15, -0.1) is 11.3 Å². The Morgan fingerprint density at radius 1 is 1.22 bits per heavy atom. The highest BCUT2D eigenvalue weighted by atomic mass is 32.1. The fourth-order valence-corrected chi connectivity index (χ4v) is 4.36. The van der Waals surface area contributed by atoms with Gasteiger partial charge in [-0.1, -0.05) is 12.8 Å². The van der Waals surface area contributed by atoms with Crippen LogP contribution in [0.15, 0.2) is 10.9 Å². The van der Waals surface area contributed by atoms with Gasteiger partial charge >= 0.3 is 0 Å². The Balaban J connectivity index is 1.55. The number of aromatic nitrogens is 1. The minimum Gasteiger partial charge on any atom is -0.396 e. The number of unbranched alkanes of at least 4 members (excludes halogenated alkanes) is 3. The zero-order valence-corrected chi connectivity index (χ0v) is 14.5. The SMILES string of the molecule is O=C1[C@H]2CC[C@H](CN(CCCCCCO)C2)N1Cc1cscn1. The summed E-state index contributed by atoms with van der Waals surface area (Å²) in [5.41, 5.74) is 2.86. The summed E-state index contributed by atoms with van der Waals surface area (Å²) in [4.78, 5) is 21.7. The number of piperidine rings is 1. The first-order chi connectivity index (χ1) is 11.3. The topological polar surface area (TPSA) is 56.7 Å². The van der Waals surface area contributed by atoms with Crippen molar-refractivity contribution < 1.29 is 9.90 Å². The van der Waals surface area contributed by atoms with Crippen LogP contribution in [0.5, 0.6) is 0 Å². The second-order valence-electron chi connectivity index (χ2n) is 6.77. The highest BCUT2D eigenvalue weighted by molar-refractivity contribution is 7.07. The molecule has 0 aliphatic carbocycles. The van der Waals surface area contributed by atoms with Crippen LogP contribution in [0.3, 0.4) is 0 Å². The molecule has 1 aromatic rings. The molecule has 0 aromatic carbocycles. The molecule has 2 bridgehead atoms. The monoisotopic (exact) mass is 337 g/mol. The molecule has 0 spiro atoms. The van der Waals surface area contributed by atoms with E-state index in [1.807, 2.05) is 10.9 Å². The Morgan fingerprint density at radius 2 is 2.09 bits per heavy atom. The van der Waals surface area contributed by atoms with E-state index in [1.54, 1.807) is 11.3 Å². The Bertz CT molecular complexity index is 494. The Morgan fingerprint density at radius 3 is 2.87 bits per heavy atom. The molecule has 0 radical (unpaired) electrons. The van der Waals surface area contributed by atoms with Gasteiger partial charge in [-0.2, -0.15) is 0 Å². The standard InChI is InChI=1S/C17H27N3O2S/c21-8-4-2-1-3-7-19-9-14-5-6-16(11-19)20(17(14)22)10-15-12-23-13-18-15/h12-14,16,21H,1-11H2/t14-,16+/m0/s1. The number of thiazole rings is 1. The number of nitrogens with zero attached hydrogens (tertiary/aromatic N) is 3. The lowest BCUT2D eigenvalue weighted by atomic mass is 9.94. The van der Waals surface area contributed by atoms with Crippen molar-refractivity contribution in [2.45, 2.75) is 51.1 Å². The molecule has 4 heterocycles. The van der Waals surface area contributed by atoms with Gasteiger partial charge in [0.1, 0.15) is 0 Å². The number of rotatable bonds is 8. The summed E-state index contributed by atoms with van der Waals surface area (Å²) >= 11 is 1.60. The predicted octanol–water partition coefficient (Wildman–Crippen LogP) is 2.12. The van der Waals surface area contributed by atoms with Crippen molar-refractivity contribution in [3.63, 3.8) is 0 Å². The summed E-state index contributed by atoms with van der Waals surface area (Å²) in [6, 6.07) is 0.348. The lowest BCUT2D eigenvalue weighted by Gasteiger charge is -2.35. The fourth-order valence-electron chi connectivity index (χ4n) is 3.81. The van der Waals surface area contributed by atoms with Gasteiger partial charge in [0.25, 0.3) is 0 Å². The van der Waals surface area contributed by atoms with E-state index in [4.69, 9.17) is 5.11 Å². The average molecular weight is 337 g/mol. The molecule has 1 amide bonds. The number of amides is 1. The zero-order chi connectivity index (χ0) is 16.1. The number of hydrogen-bond donors (Lipinski definition) is 1. The van der Waals surface area contributed by atoms with Gasteiger partial charge in [0.05, 0.1) is 23.7 Å². The zero-order valence-electron chi connectivity index (χ0n) is 13.7. The Kier molecular flexibility index (Phi) is 6.02. The maximum atomic E-state index is 12.7. The van der Waals surface area contributed by atoms with Crippen LogP contribution in [0.4, 0.5) is 0 Å². The summed E-state index contributed by atoms with van der Waals surface area (Å²) in [7, 11) is 0. The van der Waals surface area contributed by atoms with Gasteiger partial charge in [-0.3, -0.25) is 4.79 Å². The molecule has 3 fully saturated rings. The van der Waals surface area contributed by atoms with Crippen LogP contribution in [0.2, 0.25) is 0 Å². The van der Waals surface area contributed by atoms with Crippen LogP contribution < -0.4 is 0 Å². The van der Waals surface area contributed by atoms with Crippen molar-refractivity contribution in [3.8, 4) is 0 Å². The average Bonchev–Trinajstić information content (AvgIpc) is 2.93. The summed E-state index contributed by atoms with van der Waals surface area (Å²) in [5, 5.41) is 10.9. The van der Waals surface area contributed by atoms with E-state index in [1.165, 1.54) is 12.8 Å². The molecule has 128 valence electrons. The van der Waals surface area contributed by atoms with Gasteiger partial charge in [0, 0.05) is 31.1 Å². The van der Waals surface area contributed by atoms with E-state index in [9.17, 15) is 4.79 Å². The first-order valence-electron chi connectivity index (χ1n) is 8.78. The highest BCUT2D eigenvalue weighted by Gasteiger charge is 2.40. The first-order valence-corrected chi connectivity index (χ1v) is 9.73. The number of hydrogen-bond acceptors (Lipinski definition) is 5. The molecule has 5 nitrogen and oxygen atoms in total. The molecule has 3 aliphatic rings. The minimum absolute atomic E-state index is 0.171. The van der Waals surface area contributed by atoms with Gasteiger partial charge in [-0.25, -0.2) is 4.98 Å². The number of carbonyl (C=O) groups is 1. The molecular formula is C17H27N3O2S. The smallest absolute Gasteiger partial charge is 0.227 e. The van der Waals surface area contributed by atoms with Gasteiger partial charge in [-0.05, 0) is 32.2 Å². The third-order valence-corrected chi connectivity index (χ3v) is 5.70. The highest BCUT2D eigenvalue weighted by Crippen LogP contribution is 2.30. The van der Waals surface area contributed by atoms with Crippen molar-refractivity contribution in [1.29, 1.82) is 0 Å². The molecule has 1 aromatic heterocycles. The van der Waals surface area contributed by atoms with Crippen LogP contribution >= 0.6 is 11.3 Å². The van der Waals surface area contributed by atoms with Crippen LogP contribution in [0, 0.1) is 5.92 Å². The molecule has 0 unspecified atom stereocenters. The largest absolute Gasteiger partial charge is 0.396 e. The van der Waals surface area contributed by atoms with E-state index in [0.29, 0.717) is 25.1 Å². The van der Waals surface area contributed by atoms with E-state index < -0.39 is 0 Å². The van der Waals surface area contributed by atoms with E-state index in [-0.39, 0.29) is 5.92 Å². The number of carbonyl (C=O) groups excluding carboxylic acids is 1. The second kappa shape index (κ2) is 8.22. The van der Waals surface area contributed by atoms with Crippen molar-refractivity contribution in [2.75, 3.05) is 26.2 Å². The van der Waals surface area contributed by atoms with Crippen molar-refractivity contribution in [2.24, 2.45) is 5.92 Å². The van der Waals surface area contributed by atoms with Crippen LogP contribution in [-0.4, -0.2) is 58.1 Å². The lowest BCUT2D eigenvalue weighted by Crippen LogP contribution is -2.47. The molecule has 2 atom stereocenters. The molecule has 1 N–H and O–H groups in total. The third-order valence-electron chi connectivity index (χ3n) is 5.07. The molecule has 3 saturated heterocycles. The van der Waals surface area contributed by atoms with Crippen LogP contribution in [0.1, 0.15) is 44.2 Å². The third kappa shape index (κ3) is 4.31. The predicted molar refractivity (Wildman–Crippen MR) is 91.2 cm³/mol. The molecule has 0 saturated carbocycles. The Labute approximate surface area is 142 Å². The van der Waals surface area contributed by atoms with Crippen molar-refractivity contribution >= 4 is 17.2 Å². The lowest BCUT2D eigenvalue weighted by molar-refractivity contribution is -0.140. The summed E-state index contributed by atoms with van der Waals surface area (Å²) in [6.07, 6.45) is 6.51. The summed E-state index contributed by atoms with van der Waals surface area (Å²) < 4.78 is 0. The molecule has 3 aliphatic heterocycles. The number of aliphatic hydroxyl groups is 1. The van der Waals surface area contributed by atoms with Crippen molar-refractivity contribution in [3.05, 3.63) is 16.6 Å². The van der Waals surface area contributed by atoms with Crippen LogP contribution in [0.25, 0.3) is 0 Å². The van der Waals surface area contributed by atoms with Gasteiger partial charge in [0.2, 0.25) is 5.91 Å². The molecule has 4 rings (SSSR count).